The monoisotopic (exact) mass is 713 g/mol. The van der Waals surface area contributed by atoms with Gasteiger partial charge in [-0.25, -0.2) is 0 Å². The lowest BCUT2D eigenvalue weighted by atomic mass is 10.1. The van der Waals surface area contributed by atoms with Gasteiger partial charge in [-0.1, -0.05) is 73.9 Å². The zero-order valence-corrected chi connectivity index (χ0v) is 31.1. The summed E-state index contributed by atoms with van der Waals surface area (Å²) in [4.78, 5) is 0. The molecule has 0 aliphatic carbocycles. The minimum absolute atomic E-state index is 1.01. The van der Waals surface area contributed by atoms with E-state index < -0.39 is 0 Å². The standard InChI is InChI=1S/C50H43N5/c1-5-15-47-43(7-3)45-33-39(29-31-49(45)54(47)41-17-11-9-12-18-41)52-37-25-21-35(22-26-37)51-36-23-27-38(28-24-36)53-40-30-32-50-46(34-40)44(8-4)48(16-6-2)55(50)42-19-13-10-14-20-42/h5-34,51-53H,3-4H2,1-2H3/b15-5-,16-6-. The van der Waals surface area contributed by atoms with Gasteiger partial charge in [0, 0.05) is 67.4 Å². The Labute approximate surface area is 322 Å². The van der Waals surface area contributed by atoms with Gasteiger partial charge in [-0.2, -0.15) is 0 Å². The summed E-state index contributed by atoms with van der Waals surface area (Å²) in [5, 5.41) is 13.0. The third kappa shape index (κ3) is 6.87. The lowest BCUT2D eigenvalue weighted by molar-refractivity contribution is 1.10. The van der Waals surface area contributed by atoms with E-state index in [1.807, 2.05) is 38.1 Å². The number of benzene rings is 6. The zero-order chi connectivity index (χ0) is 37.7. The molecule has 8 rings (SSSR count). The van der Waals surface area contributed by atoms with Crippen LogP contribution in [-0.2, 0) is 0 Å². The van der Waals surface area contributed by atoms with Crippen LogP contribution >= 0.6 is 0 Å². The van der Waals surface area contributed by atoms with Gasteiger partial charge in [-0.3, -0.25) is 0 Å². The van der Waals surface area contributed by atoms with Gasteiger partial charge in [0.1, 0.15) is 0 Å². The molecule has 0 saturated heterocycles. The summed E-state index contributed by atoms with van der Waals surface area (Å²) in [6, 6.07) is 50.7. The van der Waals surface area contributed by atoms with Gasteiger partial charge < -0.3 is 25.1 Å². The largest absolute Gasteiger partial charge is 0.356 e. The number of hydrogen-bond acceptors (Lipinski definition) is 3. The molecule has 0 saturated carbocycles. The first-order valence-corrected chi connectivity index (χ1v) is 18.6. The summed E-state index contributed by atoms with van der Waals surface area (Å²) >= 11 is 0. The molecular weight excluding hydrogens is 671 g/mol. The average Bonchev–Trinajstić information content (AvgIpc) is 3.70. The van der Waals surface area contributed by atoms with Crippen LogP contribution in [0.4, 0.5) is 34.1 Å². The Morgan fingerprint density at radius 1 is 0.418 bits per heavy atom. The third-order valence-electron chi connectivity index (χ3n) is 9.81. The smallest absolute Gasteiger partial charge is 0.0542 e. The van der Waals surface area contributed by atoms with Crippen molar-refractivity contribution in [1.29, 1.82) is 0 Å². The summed E-state index contributed by atoms with van der Waals surface area (Å²) < 4.78 is 4.59. The summed E-state index contributed by atoms with van der Waals surface area (Å²) in [6.07, 6.45) is 12.4. The van der Waals surface area contributed by atoms with Gasteiger partial charge in [0.2, 0.25) is 0 Å². The van der Waals surface area contributed by atoms with Gasteiger partial charge in [0.05, 0.1) is 22.4 Å². The maximum Gasteiger partial charge on any atom is 0.0542 e. The molecule has 8 aromatic rings. The molecule has 0 spiro atoms. The topological polar surface area (TPSA) is 46.0 Å². The first kappa shape index (κ1) is 34.8. The van der Waals surface area contributed by atoms with E-state index in [1.54, 1.807) is 0 Å². The van der Waals surface area contributed by atoms with Crippen LogP contribution in [0.1, 0.15) is 36.4 Å². The van der Waals surface area contributed by atoms with Crippen molar-refractivity contribution in [3.63, 3.8) is 0 Å². The quantitative estimate of drug-likeness (QED) is 0.118. The molecule has 0 amide bonds. The molecule has 0 unspecified atom stereocenters. The molecule has 2 aromatic heterocycles. The summed E-state index contributed by atoms with van der Waals surface area (Å²) in [5.41, 5.74) is 15.1. The number of nitrogens with one attached hydrogen (secondary N) is 3. The normalized spacial score (nSPS) is 11.5. The van der Waals surface area contributed by atoms with Crippen LogP contribution in [0, 0.1) is 0 Å². The first-order valence-electron chi connectivity index (χ1n) is 18.6. The highest BCUT2D eigenvalue weighted by atomic mass is 15.0. The van der Waals surface area contributed by atoms with Crippen molar-refractivity contribution in [2.45, 2.75) is 13.8 Å². The fraction of sp³-hybridized carbons (Fsp3) is 0.0400. The van der Waals surface area contributed by atoms with Crippen molar-refractivity contribution < 1.29 is 0 Å². The molecule has 0 fully saturated rings. The third-order valence-corrected chi connectivity index (χ3v) is 9.81. The first-order chi connectivity index (χ1) is 27.1. The van der Waals surface area contributed by atoms with Gasteiger partial charge in [-0.05, 0) is 135 Å². The molecule has 0 aliphatic rings. The van der Waals surface area contributed by atoms with E-state index in [4.69, 9.17) is 0 Å². The van der Waals surface area contributed by atoms with E-state index in [0.29, 0.717) is 0 Å². The molecule has 268 valence electrons. The SMILES string of the molecule is C=Cc1c(/C=C\C)n(-c2ccccc2)c2ccc(Nc3ccc(Nc4ccc(Nc5ccc6c(c5)c(C=C)c(/C=C\C)n6-c5ccccc5)cc4)cc3)cc12. The van der Waals surface area contributed by atoms with E-state index in [9.17, 15) is 0 Å². The second kappa shape index (κ2) is 15.4. The average molecular weight is 714 g/mol. The number of anilines is 6. The van der Waals surface area contributed by atoms with Crippen LogP contribution in [-0.4, -0.2) is 9.13 Å². The summed E-state index contributed by atoms with van der Waals surface area (Å²) in [5.74, 6) is 0. The Balaban J connectivity index is 0.969. The molecule has 6 aromatic carbocycles. The predicted molar refractivity (Wildman–Crippen MR) is 239 cm³/mol. The van der Waals surface area contributed by atoms with Crippen LogP contribution in [0.2, 0.25) is 0 Å². The van der Waals surface area contributed by atoms with Gasteiger partial charge in [0.15, 0.2) is 0 Å². The zero-order valence-electron chi connectivity index (χ0n) is 31.1. The predicted octanol–water partition coefficient (Wildman–Crippen LogP) is 14.2. The summed E-state index contributed by atoms with van der Waals surface area (Å²) in [6.45, 7) is 12.4. The van der Waals surface area contributed by atoms with Crippen LogP contribution in [0.3, 0.4) is 0 Å². The number of fused-ring (bicyclic) bond motifs is 2. The van der Waals surface area contributed by atoms with Crippen LogP contribution in [0.15, 0.2) is 171 Å². The maximum absolute atomic E-state index is 4.16. The maximum atomic E-state index is 4.16. The van der Waals surface area contributed by atoms with Gasteiger partial charge in [-0.15, -0.1) is 0 Å². The number of allylic oxidation sites excluding steroid dienone is 2. The van der Waals surface area contributed by atoms with Crippen LogP contribution in [0.25, 0.3) is 57.5 Å². The van der Waals surface area contributed by atoms with Crippen molar-refractivity contribution in [2.24, 2.45) is 0 Å². The molecule has 5 heteroatoms. The van der Waals surface area contributed by atoms with E-state index >= 15 is 0 Å². The Hall–Kier alpha value is -7.24. The number of hydrogen-bond donors (Lipinski definition) is 3. The number of nitrogens with zero attached hydrogens (tertiary/aromatic N) is 2. The van der Waals surface area contributed by atoms with E-state index in [-0.39, 0.29) is 0 Å². The van der Waals surface area contributed by atoms with Crippen molar-refractivity contribution >= 4 is 80.2 Å². The lowest BCUT2D eigenvalue weighted by Gasteiger charge is -2.12. The minimum Gasteiger partial charge on any atom is -0.356 e. The van der Waals surface area contributed by atoms with Crippen LogP contribution in [0.5, 0.6) is 0 Å². The molecule has 0 bridgehead atoms. The fourth-order valence-electron chi connectivity index (χ4n) is 7.38. The number of aromatic nitrogens is 2. The molecule has 0 atom stereocenters. The van der Waals surface area contributed by atoms with Crippen LogP contribution < -0.4 is 16.0 Å². The molecular formula is C50H43N5. The van der Waals surface area contributed by atoms with Crippen molar-refractivity contribution in [1.82, 2.24) is 9.13 Å². The Morgan fingerprint density at radius 3 is 1.07 bits per heavy atom. The van der Waals surface area contributed by atoms with Gasteiger partial charge >= 0.3 is 0 Å². The van der Waals surface area contributed by atoms with Gasteiger partial charge in [0.25, 0.3) is 0 Å². The lowest BCUT2D eigenvalue weighted by Crippen LogP contribution is -1.97. The molecule has 0 aliphatic heterocycles. The number of para-hydroxylation sites is 2. The van der Waals surface area contributed by atoms with Crippen molar-refractivity contribution in [2.75, 3.05) is 16.0 Å². The van der Waals surface area contributed by atoms with E-state index in [1.165, 1.54) is 0 Å². The molecule has 5 nitrogen and oxygen atoms in total. The Bertz CT molecular complexity index is 2500. The highest BCUT2D eigenvalue weighted by Crippen LogP contribution is 2.36. The fourth-order valence-corrected chi connectivity index (χ4v) is 7.38. The Kier molecular flexibility index (Phi) is 9.75. The highest BCUT2D eigenvalue weighted by Gasteiger charge is 2.17. The van der Waals surface area contributed by atoms with E-state index in [2.05, 4.69) is 196 Å². The second-order valence-corrected chi connectivity index (χ2v) is 13.3. The van der Waals surface area contributed by atoms with Crippen molar-refractivity contribution in [3.8, 4) is 11.4 Å². The molecule has 2 heterocycles. The molecule has 55 heavy (non-hydrogen) atoms. The number of rotatable bonds is 12. The van der Waals surface area contributed by atoms with E-state index in [0.717, 1.165) is 89.8 Å². The molecule has 3 N–H and O–H groups in total. The Morgan fingerprint density at radius 2 is 0.745 bits per heavy atom. The summed E-state index contributed by atoms with van der Waals surface area (Å²) in [7, 11) is 0. The minimum atomic E-state index is 1.01. The van der Waals surface area contributed by atoms with Crippen molar-refractivity contribution in [3.05, 3.63) is 193 Å². The molecule has 0 radical (unpaired) electrons. The second-order valence-electron chi connectivity index (χ2n) is 13.3. The highest BCUT2D eigenvalue weighted by molar-refractivity contribution is 5.98.